The lowest BCUT2D eigenvalue weighted by atomic mass is 9.86. The van der Waals surface area contributed by atoms with E-state index in [-0.39, 0.29) is 13.4 Å². The van der Waals surface area contributed by atoms with Crippen LogP contribution in [0.25, 0.3) is 0 Å². The molecule has 0 aliphatic carbocycles. The van der Waals surface area contributed by atoms with Gasteiger partial charge in [-0.15, -0.1) is 11.3 Å². The fraction of sp³-hybridized carbons (Fsp3) is 0.684. The Morgan fingerprint density at radius 1 is 1.19 bits per heavy atom. The molecular weight excluding hydrogens is 365 g/mol. The molecule has 0 unspecified atom stereocenters. The third kappa shape index (κ3) is 4.22. The van der Waals surface area contributed by atoms with Crippen molar-refractivity contribution in [2.75, 3.05) is 0 Å². The minimum Gasteiger partial charge on any atom is -0.443 e. The standard InChI is InChI=1S/C19H30BNO5S/c1-16(2,3)25-15(23)21-14(22)11-10-12(27-13(11)17(21,4)5)20-26-19(8,9)18(6,7)24/h10,20,24H,1-9H3. The molecular formula is C19H30BNO5S. The molecule has 1 aliphatic rings. The molecule has 0 saturated carbocycles. The SMILES string of the molecule is CC(C)(C)OC(=O)N1C(=O)c2cc(BOC(C)(C)C(C)(C)O)sc2C1(C)C. The quantitative estimate of drug-likeness (QED) is 0.794. The Bertz CT molecular complexity index is 755. The maximum atomic E-state index is 12.9. The van der Waals surface area contributed by atoms with Crippen molar-refractivity contribution in [2.45, 2.75) is 84.7 Å². The van der Waals surface area contributed by atoms with Crippen molar-refractivity contribution in [1.82, 2.24) is 4.90 Å². The Labute approximate surface area is 166 Å². The van der Waals surface area contributed by atoms with Crippen molar-refractivity contribution in [1.29, 1.82) is 0 Å². The highest BCUT2D eigenvalue weighted by Crippen LogP contribution is 2.42. The highest BCUT2D eigenvalue weighted by Gasteiger charge is 2.50. The third-order valence-electron chi connectivity index (χ3n) is 4.96. The van der Waals surface area contributed by atoms with E-state index in [1.807, 2.05) is 27.7 Å². The Morgan fingerprint density at radius 3 is 2.19 bits per heavy atom. The first kappa shape index (κ1) is 21.9. The summed E-state index contributed by atoms with van der Waals surface area (Å²) in [6.07, 6.45) is -0.637. The topological polar surface area (TPSA) is 76.1 Å². The lowest BCUT2D eigenvalue weighted by molar-refractivity contribution is -0.0892. The number of ether oxygens (including phenoxy) is 1. The molecule has 150 valence electrons. The lowest BCUT2D eigenvalue weighted by Crippen LogP contribution is -2.49. The summed E-state index contributed by atoms with van der Waals surface area (Å²) in [6, 6.07) is 1.77. The molecule has 0 bridgehead atoms. The van der Waals surface area contributed by atoms with Crippen molar-refractivity contribution in [3.05, 3.63) is 16.5 Å². The first-order valence-corrected chi connectivity index (χ1v) is 9.86. The molecule has 2 amide bonds. The van der Waals surface area contributed by atoms with Gasteiger partial charge in [0.25, 0.3) is 5.91 Å². The first-order valence-electron chi connectivity index (χ1n) is 9.04. The molecule has 1 N–H and O–H groups in total. The van der Waals surface area contributed by atoms with Gasteiger partial charge in [0.05, 0.1) is 22.3 Å². The largest absolute Gasteiger partial charge is 0.443 e. The molecule has 0 spiro atoms. The van der Waals surface area contributed by atoms with Gasteiger partial charge in [-0.2, -0.15) is 0 Å². The average molecular weight is 395 g/mol. The minimum atomic E-state index is -1.00. The first-order chi connectivity index (χ1) is 12.0. The van der Waals surface area contributed by atoms with Gasteiger partial charge in [-0.05, 0) is 68.4 Å². The van der Waals surface area contributed by atoms with Crippen LogP contribution in [0.5, 0.6) is 0 Å². The third-order valence-corrected chi connectivity index (χ3v) is 6.38. The van der Waals surface area contributed by atoms with Gasteiger partial charge in [0.1, 0.15) is 5.60 Å². The zero-order chi connectivity index (χ0) is 21.0. The molecule has 0 fully saturated rings. The highest BCUT2D eigenvalue weighted by atomic mass is 32.1. The van der Waals surface area contributed by atoms with E-state index < -0.39 is 28.4 Å². The summed E-state index contributed by atoms with van der Waals surface area (Å²) in [7, 11) is 0.282. The van der Waals surface area contributed by atoms with E-state index in [1.54, 1.807) is 40.7 Å². The normalized spacial score (nSPS) is 17.1. The van der Waals surface area contributed by atoms with Crippen molar-refractivity contribution in [2.24, 2.45) is 0 Å². The molecule has 2 rings (SSSR count). The Hall–Kier alpha value is -1.38. The molecule has 2 heterocycles. The molecule has 6 nitrogen and oxygen atoms in total. The number of aliphatic hydroxyl groups is 1. The molecule has 1 aromatic rings. The molecule has 0 aromatic carbocycles. The van der Waals surface area contributed by atoms with Crippen LogP contribution in [0.2, 0.25) is 0 Å². The summed E-state index contributed by atoms with van der Waals surface area (Å²) < 4.78 is 12.2. The maximum absolute atomic E-state index is 12.9. The molecule has 8 heteroatoms. The van der Waals surface area contributed by atoms with Crippen molar-refractivity contribution in [3.8, 4) is 0 Å². The average Bonchev–Trinajstić information content (AvgIpc) is 2.93. The van der Waals surface area contributed by atoms with E-state index in [1.165, 1.54) is 16.2 Å². The smallest absolute Gasteiger partial charge is 0.418 e. The van der Waals surface area contributed by atoms with E-state index >= 15 is 0 Å². The van der Waals surface area contributed by atoms with Crippen LogP contribution in [0, 0.1) is 0 Å². The second kappa shape index (κ2) is 6.60. The van der Waals surface area contributed by atoms with E-state index in [2.05, 4.69) is 0 Å². The number of carbonyl (C=O) groups is 2. The van der Waals surface area contributed by atoms with E-state index in [0.29, 0.717) is 5.56 Å². The van der Waals surface area contributed by atoms with Crippen LogP contribution in [0.1, 0.15) is 77.5 Å². The van der Waals surface area contributed by atoms with Gasteiger partial charge in [-0.1, -0.05) is 0 Å². The summed E-state index contributed by atoms with van der Waals surface area (Å²) in [5.74, 6) is -0.353. The molecule has 0 radical (unpaired) electrons. The number of hydrogen-bond donors (Lipinski definition) is 1. The number of thiophene rings is 1. The van der Waals surface area contributed by atoms with Crippen LogP contribution in [0.15, 0.2) is 6.07 Å². The van der Waals surface area contributed by atoms with Crippen LogP contribution in [0.4, 0.5) is 4.79 Å². The van der Waals surface area contributed by atoms with Gasteiger partial charge >= 0.3 is 13.6 Å². The number of nitrogens with zero attached hydrogens (tertiary/aromatic N) is 1. The Kier molecular flexibility index (Phi) is 5.36. The summed E-state index contributed by atoms with van der Waals surface area (Å²) in [5, 5.41) is 10.2. The van der Waals surface area contributed by atoms with Gasteiger partial charge in [-0.3, -0.25) is 4.79 Å². The highest BCUT2D eigenvalue weighted by molar-refractivity contribution is 7.21. The zero-order valence-electron chi connectivity index (χ0n) is 17.7. The van der Waals surface area contributed by atoms with E-state index in [9.17, 15) is 14.7 Å². The zero-order valence-corrected chi connectivity index (χ0v) is 18.5. The molecule has 0 atom stereocenters. The number of fused-ring (bicyclic) bond motifs is 1. The van der Waals surface area contributed by atoms with Crippen LogP contribution in [-0.4, -0.2) is 46.3 Å². The number of hydrogen-bond acceptors (Lipinski definition) is 6. The number of rotatable bonds is 4. The predicted octanol–water partition coefficient (Wildman–Crippen LogP) is 2.92. The second-order valence-corrected chi connectivity index (χ2v) is 10.6. The van der Waals surface area contributed by atoms with E-state index in [4.69, 9.17) is 9.39 Å². The van der Waals surface area contributed by atoms with Crippen molar-refractivity contribution >= 4 is 35.6 Å². The van der Waals surface area contributed by atoms with Gasteiger partial charge in [0, 0.05) is 9.65 Å². The van der Waals surface area contributed by atoms with Crippen molar-refractivity contribution in [3.63, 3.8) is 0 Å². The monoisotopic (exact) mass is 395 g/mol. The summed E-state index contributed by atoms with van der Waals surface area (Å²) in [5.41, 5.74) is -2.70. The Morgan fingerprint density at radius 2 is 1.74 bits per heavy atom. The molecule has 27 heavy (non-hydrogen) atoms. The van der Waals surface area contributed by atoms with Crippen LogP contribution >= 0.6 is 11.3 Å². The van der Waals surface area contributed by atoms with Gasteiger partial charge in [0.15, 0.2) is 0 Å². The second-order valence-electron chi connectivity index (χ2n) is 9.49. The van der Waals surface area contributed by atoms with Gasteiger partial charge in [-0.25, -0.2) is 9.69 Å². The van der Waals surface area contributed by atoms with Gasteiger partial charge < -0.3 is 14.5 Å². The van der Waals surface area contributed by atoms with Crippen LogP contribution < -0.4 is 4.78 Å². The summed E-state index contributed by atoms with van der Waals surface area (Å²) in [6.45, 7) is 16.0. The number of carbonyl (C=O) groups excluding carboxylic acids is 2. The molecule has 1 aromatic heterocycles. The number of amides is 2. The fourth-order valence-corrected chi connectivity index (χ4v) is 3.80. The molecule has 0 saturated heterocycles. The predicted molar refractivity (Wildman–Crippen MR) is 108 cm³/mol. The van der Waals surface area contributed by atoms with E-state index in [0.717, 1.165) is 9.65 Å². The van der Waals surface area contributed by atoms with Crippen molar-refractivity contribution < 1.29 is 24.1 Å². The van der Waals surface area contributed by atoms with Crippen LogP contribution in [-0.2, 0) is 14.9 Å². The minimum absolute atomic E-state index is 0.282. The lowest BCUT2D eigenvalue weighted by Gasteiger charge is -2.37. The fourth-order valence-electron chi connectivity index (χ4n) is 2.65. The van der Waals surface area contributed by atoms with Gasteiger partial charge in [0.2, 0.25) is 0 Å². The summed E-state index contributed by atoms with van der Waals surface area (Å²) >= 11 is 1.45. The number of imide groups is 1. The van der Waals surface area contributed by atoms with Crippen LogP contribution in [0.3, 0.4) is 0 Å². The summed E-state index contributed by atoms with van der Waals surface area (Å²) in [4.78, 5) is 27.4. The molecule has 1 aliphatic heterocycles. The maximum Gasteiger partial charge on any atom is 0.418 e. The Balaban J connectivity index is 2.23.